The van der Waals surface area contributed by atoms with Gasteiger partial charge in [0.25, 0.3) is 0 Å². The SMILES string of the molecule is CC(C)C(C)n1c(N)nc2cc(F)ccc21. The van der Waals surface area contributed by atoms with E-state index >= 15 is 0 Å². The van der Waals surface area contributed by atoms with Gasteiger partial charge in [-0.05, 0) is 25.0 Å². The molecule has 0 bridgehead atoms. The summed E-state index contributed by atoms with van der Waals surface area (Å²) in [6.07, 6.45) is 0. The van der Waals surface area contributed by atoms with E-state index in [1.54, 1.807) is 6.07 Å². The van der Waals surface area contributed by atoms with Crippen molar-refractivity contribution in [1.82, 2.24) is 9.55 Å². The first-order valence-corrected chi connectivity index (χ1v) is 5.43. The maximum absolute atomic E-state index is 13.0. The molecule has 4 heteroatoms. The summed E-state index contributed by atoms with van der Waals surface area (Å²) in [7, 11) is 0. The fourth-order valence-corrected chi connectivity index (χ4v) is 1.82. The van der Waals surface area contributed by atoms with Gasteiger partial charge in [-0.25, -0.2) is 9.37 Å². The second kappa shape index (κ2) is 3.77. The molecular formula is C12H16FN3. The maximum atomic E-state index is 13.0. The molecule has 1 heterocycles. The van der Waals surface area contributed by atoms with Crippen molar-refractivity contribution in [2.75, 3.05) is 5.73 Å². The smallest absolute Gasteiger partial charge is 0.201 e. The van der Waals surface area contributed by atoms with Crippen molar-refractivity contribution >= 4 is 17.0 Å². The Labute approximate surface area is 94.1 Å². The third kappa shape index (κ3) is 1.64. The minimum Gasteiger partial charge on any atom is -0.369 e. The van der Waals surface area contributed by atoms with E-state index in [4.69, 9.17) is 5.73 Å². The van der Waals surface area contributed by atoms with Gasteiger partial charge in [0.15, 0.2) is 0 Å². The van der Waals surface area contributed by atoms with Crippen molar-refractivity contribution in [3.63, 3.8) is 0 Å². The van der Waals surface area contributed by atoms with Gasteiger partial charge in [0, 0.05) is 12.1 Å². The summed E-state index contributed by atoms with van der Waals surface area (Å²) in [5.74, 6) is 0.612. The van der Waals surface area contributed by atoms with E-state index in [2.05, 4.69) is 25.8 Å². The standard InChI is InChI=1S/C12H16FN3/c1-7(2)8(3)16-11-5-4-9(13)6-10(11)15-12(16)14/h4-8H,1-3H3,(H2,14,15). The van der Waals surface area contributed by atoms with Gasteiger partial charge in [-0.15, -0.1) is 0 Å². The van der Waals surface area contributed by atoms with E-state index in [1.165, 1.54) is 12.1 Å². The summed E-state index contributed by atoms with van der Waals surface area (Å²) in [5.41, 5.74) is 7.38. The number of nitrogens with two attached hydrogens (primary N) is 1. The van der Waals surface area contributed by atoms with Gasteiger partial charge in [0.2, 0.25) is 5.95 Å². The molecule has 2 N–H and O–H groups in total. The lowest BCUT2D eigenvalue weighted by atomic mass is 10.1. The monoisotopic (exact) mass is 221 g/mol. The molecule has 16 heavy (non-hydrogen) atoms. The molecule has 0 spiro atoms. The van der Waals surface area contributed by atoms with E-state index in [1.807, 2.05) is 4.57 Å². The van der Waals surface area contributed by atoms with E-state index in [0.717, 1.165) is 5.52 Å². The summed E-state index contributed by atoms with van der Waals surface area (Å²) < 4.78 is 15.0. The average Bonchev–Trinajstić information content (AvgIpc) is 2.51. The van der Waals surface area contributed by atoms with Gasteiger partial charge in [0.05, 0.1) is 11.0 Å². The van der Waals surface area contributed by atoms with Crippen molar-refractivity contribution in [1.29, 1.82) is 0 Å². The van der Waals surface area contributed by atoms with Gasteiger partial charge in [-0.3, -0.25) is 0 Å². The van der Waals surface area contributed by atoms with Gasteiger partial charge in [0.1, 0.15) is 5.82 Å². The normalized spacial score (nSPS) is 13.6. The highest BCUT2D eigenvalue weighted by Gasteiger charge is 2.16. The summed E-state index contributed by atoms with van der Waals surface area (Å²) in [6, 6.07) is 4.82. The van der Waals surface area contributed by atoms with Crippen LogP contribution in [-0.2, 0) is 0 Å². The van der Waals surface area contributed by atoms with Crippen LogP contribution in [0, 0.1) is 11.7 Å². The molecule has 0 saturated carbocycles. The Balaban J connectivity index is 2.65. The molecule has 2 aromatic rings. The van der Waals surface area contributed by atoms with Gasteiger partial charge in [-0.2, -0.15) is 0 Å². The predicted octanol–water partition coefficient (Wildman–Crippen LogP) is 2.97. The molecule has 1 aromatic carbocycles. The Hall–Kier alpha value is -1.58. The second-order valence-electron chi connectivity index (χ2n) is 4.46. The molecule has 86 valence electrons. The Kier molecular flexibility index (Phi) is 2.58. The number of imidazole rings is 1. The Morgan fingerprint density at radius 1 is 1.31 bits per heavy atom. The first-order chi connectivity index (χ1) is 7.50. The van der Waals surface area contributed by atoms with Gasteiger partial charge < -0.3 is 10.3 Å². The minimum absolute atomic E-state index is 0.246. The van der Waals surface area contributed by atoms with Crippen LogP contribution in [0.5, 0.6) is 0 Å². The number of rotatable bonds is 2. The molecule has 0 aliphatic heterocycles. The molecule has 1 atom stereocenters. The van der Waals surface area contributed by atoms with Crippen LogP contribution >= 0.6 is 0 Å². The zero-order chi connectivity index (χ0) is 11.9. The van der Waals surface area contributed by atoms with E-state index in [0.29, 0.717) is 17.4 Å². The Morgan fingerprint density at radius 3 is 2.62 bits per heavy atom. The lowest BCUT2D eigenvalue weighted by molar-refractivity contribution is 0.421. The van der Waals surface area contributed by atoms with Crippen LogP contribution in [0.2, 0.25) is 0 Å². The third-order valence-corrected chi connectivity index (χ3v) is 3.05. The van der Waals surface area contributed by atoms with Crippen LogP contribution in [0.15, 0.2) is 18.2 Å². The molecule has 0 fully saturated rings. The lowest BCUT2D eigenvalue weighted by Crippen LogP contribution is -2.13. The van der Waals surface area contributed by atoms with Crippen LogP contribution < -0.4 is 5.73 Å². The van der Waals surface area contributed by atoms with E-state index in [9.17, 15) is 4.39 Å². The second-order valence-corrected chi connectivity index (χ2v) is 4.46. The fourth-order valence-electron chi connectivity index (χ4n) is 1.82. The number of hydrogen-bond donors (Lipinski definition) is 1. The number of aromatic nitrogens is 2. The highest BCUT2D eigenvalue weighted by Crippen LogP contribution is 2.27. The predicted molar refractivity (Wildman–Crippen MR) is 63.7 cm³/mol. The number of hydrogen-bond acceptors (Lipinski definition) is 2. The Bertz CT molecular complexity index is 516. The quantitative estimate of drug-likeness (QED) is 0.847. The molecule has 0 saturated heterocycles. The molecule has 0 aliphatic rings. The zero-order valence-electron chi connectivity index (χ0n) is 9.74. The lowest BCUT2D eigenvalue weighted by Gasteiger charge is -2.19. The largest absolute Gasteiger partial charge is 0.369 e. The van der Waals surface area contributed by atoms with Crippen molar-refractivity contribution < 1.29 is 4.39 Å². The molecule has 3 nitrogen and oxygen atoms in total. The minimum atomic E-state index is -0.283. The highest BCUT2D eigenvalue weighted by molar-refractivity contribution is 5.78. The van der Waals surface area contributed by atoms with Crippen LogP contribution in [0.4, 0.5) is 10.3 Å². The molecular weight excluding hydrogens is 205 g/mol. The number of fused-ring (bicyclic) bond motifs is 1. The van der Waals surface area contributed by atoms with E-state index in [-0.39, 0.29) is 11.9 Å². The van der Waals surface area contributed by atoms with Crippen LogP contribution in [0.25, 0.3) is 11.0 Å². The molecule has 0 radical (unpaired) electrons. The first kappa shape index (κ1) is 10.9. The Morgan fingerprint density at radius 2 is 2.00 bits per heavy atom. The van der Waals surface area contributed by atoms with Crippen molar-refractivity contribution in [2.24, 2.45) is 5.92 Å². The maximum Gasteiger partial charge on any atom is 0.201 e. The average molecular weight is 221 g/mol. The summed E-state index contributed by atoms with van der Waals surface area (Å²) in [4.78, 5) is 4.18. The number of anilines is 1. The van der Waals surface area contributed by atoms with Crippen LogP contribution in [-0.4, -0.2) is 9.55 Å². The third-order valence-electron chi connectivity index (χ3n) is 3.05. The zero-order valence-corrected chi connectivity index (χ0v) is 9.74. The van der Waals surface area contributed by atoms with Gasteiger partial charge in [-0.1, -0.05) is 13.8 Å². The van der Waals surface area contributed by atoms with Gasteiger partial charge >= 0.3 is 0 Å². The van der Waals surface area contributed by atoms with Crippen molar-refractivity contribution in [2.45, 2.75) is 26.8 Å². The highest BCUT2D eigenvalue weighted by atomic mass is 19.1. The first-order valence-electron chi connectivity index (χ1n) is 5.43. The number of benzene rings is 1. The number of halogens is 1. The number of nitrogens with zero attached hydrogens (tertiary/aromatic N) is 2. The van der Waals surface area contributed by atoms with E-state index < -0.39 is 0 Å². The topological polar surface area (TPSA) is 43.8 Å². The van der Waals surface area contributed by atoms with Crippen molar-refractivity contribution in [3.05, 3.63) is 24.0 Å². The summed E-state index contributed by atoms with van der Waals surface area (Å²) >= 11 is 0. The molecule has 1 unspecified atom stereocenters. The molecule has 0 amide bonds. The summed E-state index contributed by atoms with van der Waals surface area (Å²) in [5, 5.41) is 0. The van der Waals surface area contributed by atoms with Crippen molar-refractivity contribution in [3.8, 4) is 0 Å². The molecule has 2 rings (SSSR count). The van der Waals surface area contributed by atoms with Crippen LogP contribution in [0.1, 0.15) is 26.8 Å². The summed E-state index contributed by atoms with van der Waals surface area (Å²) in [6.45, 7) is 6.34. The van der Waals surface area contributed by atoms with Crippen LogP contribution in [0.3, 0.4) is 0 Å². The fraction of sp³-hybridized carbons (Fsp3) is 0.417. The molecule has 1 aromatic heterocycles. The molecule has 0 aliphatic carbocycles. The number of nitrogen functional groups attached to an aromatic ring is 1.